The second kappa shape index (κ2) is 6.67. The number of nitrogens with zero attached hydrogens (tertiary/aromatic N) is 3. The van der Waals surface area contributed by atoms with Gasteiger partial charge in [0.25, 0.3) is 5.91 Å². The molecule has 26 heavy (non-hydrogen) atoms. The van der Waals surface area contributed by atoms with E-state index >= 15 is 0 Å². The molecule has 7 heteroatoms. The SMILES string of the molecule is CCOc1ccccc1CNC(=O)c1c(C)oc2c1C1=NCCN1C=N2. The summed E-state index contributed by atoms with van der Waals surface area (Å²) in [4.78, 5) is 23.6. The van der Waals surface area contributed by atoms with Crippen LogP contribution in [0.2, 0.25) is 0 Å². The molecule has 134 valence electrons. The van der Waals surface area contributed by atoms with E-state index in [9.17, 15) is 4.79 Å². The Morgan fingerprint density at radius 2 is 2.23 bits per heavy atom. The minimum absolute atomic E-state index is 0.203. The van der Waals surface area contributed by atoms with Crippen molar-refractivity contribution >= 4 is 24.0 Å². The Morgan fingerprint density at radius 1 is 1.38 bits per heavy atom. The molecule has 2 aliphatic heterocycles. The van der Waals surface area contributed by atoms with Gasteiger partial charge in [0.15, 0.2) is 0 Å². The van der Waals surface area contributed by atoms with Crippen LogP contribution in [-0.4, -0.2) is 42.7 Å². The Balaban J connectivity index is 1.59. The molecule has 1 aromatic heterocycles. The van der Waals surface area contributed by atoms with Crippen LogP contribution in [0, 0.1) is 6.92 Å². The molecule has 1 amide bonds. The van der Waals surface area contributed by atoms with Gasteiger partial charge in [-0.15, -0.1) is 0 Å². The highest BCUT2D eigenvalue weighted by atomic mass is 16.5. The Hall–Kier alpha value is -3.09. The third-order valence-corrected chi connectivity index (χ3v) is 4.42. The monoisotopic (exact) mass is 352 g/mol. The van der Waals surface area contributed by atoms with Crippen molar-refractivity contribution in [1.82, 2.24) is 10.2 Å². The Bertz CT molecular complexity index is 914. The highest BCUT2D eigenvalue weighted by Gasteiger charge is 2.33. The number of hydrogen-bond acceptors (Lipinski definition) is 6. The maximum atomic E-state index is 12.9. The number of aryl methyl sites for hydroxylation is 1. The van der Waals surface area contributed by atoms with Gasteiger partial charge in [0, 0.05) is 18.7 Å². The molecule has 0 spiro atoms. The Morgan fingerprint density at radius 3 is 3.08 bits per heavy atom. The van der Waals surface area contributed by atoms with Crippen LogP contribution >= 0.6 is 0 Å². The standard InChI is InChI=1S/C19H20N4O3/c1-3-25-14-7-5-4-6-13(14)10-21-18(24)15-12(2)26-19-16(15)17-20-8-9-23(17)11-22-19/h4-7,11H,3,8-10H2,1-2H3,(H,21,24). The van der Waals surface area contributed by atoms with E-state index in [0.717, 1.165) is 23.7 Å². The highest BCUT2D eigenvalue weighted by molar-refractivity contribution is 6.17. The first-order chi connectivity index (χ1) is 12.7. The molecule has 0 fully saturated rings. The topological polar surface area (TPSA) is 79.4 Å². The van der Waals surface area contributed by atoms with Crippen molar-refractivity contribution in [2.75, 3.05) is 19.7 Å². The summed E-state index contributed by atoms with van der Waals surface area (Å²) in [5.41, 5.74) is 2.10. The van der Waals surface area contributed by atoms with E-state index in [2.05, 4.69) is 15.3 Å². The number of hydrogen-bond donors (Lipinski definition) is 1. The lowest BCUT2D eigenvalue weighted by Gasteiger charge is -2.18. The first-order valence-electron chi connectivity index (χ1n) is 8.67. The van der Waals surface area contributed by atoms with E-state index in [-0.39, 0.29) is 5.91 Å². The molecule has 0 saturated heterocycles. The van der Waals surface area contributed by atoms with Gasteiger partial charge in [-0.25, -0.2) is 4.99 Å². The molecule has 0 atom stereocenters. The van der Waals surface area contributed by atoms with Crippen LogP contribution in [0.5, 0.6) is 5.75 Å². The largest absolute Gasteiger partial charge is 0.494 e. The summed E-state index contributed by atoms with van der Waals surface area (Å²) in [7, 11) is 0. The van der Waals surface area contributed by atoms with Crippen molar-refractivity contribution in [3.63, 3.8) is 0 Å². The number of para-hydroxylation sites is 1. The summed E-state index contributed by atoms with van der Waals surface area (Å²) in [6.07, 6.45) is 1.71. The van der Waals surface area contributed by atoms with E-state index in [0.29, 0.717) is 42.5 Å². The zero-order chi connectivity index (χ0) is 18.1. The average Bonchev–Trinajstić information content (AvgIpc) is 3.24. The van der Waals surface area contributed by atoms with Crippen molar-refractivity contribution < 1.29 is 13.9 Å². The molecule has 7 nitrogen and oxygen atoms in total. The number of amidine groups is 1. The fourth-order valence-corrected chi connectivity index (χ4v) is 3.23. The molecule has 1 aromatic carbocycles. The predicted octanol–water partition coefficient (Wildman–Crippen LogP) is 2.65. The molecule has 0 unspecified atom stereocenters. The lowest BCUT2D eigenvalue weighted by atomic mass is 10.1. The Kier molecular flexibility index (Phi) is 4.20. The maximum absolute atomic E-state index is 12.9. The van der Waals surface area contributed by atoms with Gasteiger partial charge in [-0.2, -0.15) is 0 Å². The molecular formula is C19H20N4O3. The summed E-state index contributed by atoms with van der Waals surface area (Å²) in [6.45, 7) is 6.11. The van der Waals surface area contributed by atoms with E-state index < -0.39 is 0 Å². The van der Waals surface area contributed by atoms with Crippen LogP contribution in [0.15, 0.2) is 38.7 Å². The predicted molar refractivity (Wildman–Crippen MR) is 98.5 cm³/mol. The first-order valence-corrected chi connectivity index (χ1v) is 8.67. The Labute approximate surface area is 151 Å². The molecule has 0 radical (unpaired) electrons. The fourth-order valence-electron chi connectivity index (χ4n) is 3.23. The number of nitrogens with one attached hydrogen (secondary N) is 1. The number of rotatable bonds is 5. The fraction of sp³-hybridized carbons (Fsp3) is 0.316. The van der Waals surface area contributed by atoms with E-state index in [1.54, 1.807) is 13.3 Å². The molecule has 0 saturated carbocycles. The van der Waals surface area contributed by atoms with Crippen molar-refractivity contribution in [1.29, 1.82) is 0 Å². The van der Waals surface area contributed by atoms with Crippen LogP contribution in [0.1, 0.15) is 34.2 Å². The van der Waals surface area contributed by atoms with Gasteiger partial charge in [-0.05, 0) is 19.9 Å². The van der Waals surface area contributed by atoms with Gasteiger partial charge in [0.1, 0.15) is 23.7 Å². The average molecular weight is 352 g/mol. The zero-order valence-electron chi connectivity index (χ0n) is 14.8. The lowest BCUT2D eigenvalue weighted by Crippen LogP contribution is -2.32. The summed E-state index contributed by atoms with van der Waals surface area (Å²) in [5.74, 6) is 2.31. The molecule has 0 bridgehead atoms. The highest BCUT2D eigenvalue weighted by Crippen LogP contribution is 2.34. The van der Waals surface area contributed by atoms with Crippen molar-refractivity contribution in [3.8, 4) is 5.75 Å². The zero-order valence-corrected chi connectivity index (χ0v) is 14.8. The van der Waals surface area contributed by atoms with Crippen LogP contribution in [0.3, 0.4) is 0 Å². The van der Waals surface area contributed by atoms with Crippen LogP contribution < -0.4 is 10.1 Å². The molecular weight excluding hydrogens is 332 g/mol. The molecule has 1 N–H and O–H groups in total. The van der Waals surface area contributed by atoms with Gasteiger partial charge < -0.3 is 19.4 Å². The maximum Gasteiger partial charge on any atom is 0.255 e. The van der Waals surface area contributed by atoms with Gasteiger partial charge >= 0.3 is 0 Å². The molecule has 2 aromatic rings. The van der Waals surface area contributed by atoms with Gasteiger partial charge in [-0.1, -0.05) is 18.2 Å². The second-order valence-electron chi connectivity index (χ2n) is 6.08. The lowest BCUT2D eigenvalue weighted by molar-refractivity contribution is 0.0949. The normalized spacial score (nSPS) is 14.7. The van der Waals surface area contributed by atoms with Gasteiger partial charge in [0.2, 0.25) is 5.88 Å². The minimum atomic E-state index is -0.203. The number of fused-ring (bicyclic) bond motifs is 3. The van der Waals surface area contributed by atoms with Crippen molar-refractivity contribution in [3.05, 3.63) is 46.7 Å². The molecule has 3 heterocycles. The number of furan rings is 1. The number of carbonyl (C=O) groups is 1. The van der Waals surface area contributed by atoms with E-state index in [4.69, 9.17) is 9.15 Å². The van der Waals surface area contributed by atoms with Crippen LogP contribution in [-0.2, 0) is 6.54 Å². The minimum Gasteiger partial charge on any atom is -0.494 e. The number of amides is 1. The van der Waals surface area contributed by atoms with Crippen LogP contribution in [0.4, 0.5) is 5.88 Å². The first kappa shape index (κ1) is 16.4. The van der Waals surface area contributed by atoms with Crippen LogP contribution in [0.25, 0.3) is 0 Å². The summed E-state index contributed by atoms with van der Waals surface area (Å²) in [5, 5.41) is 2.97. The quantitative estimate of drug-likeness (QED) is 0.897. The van der Waals surface area contributed by atoms with Gasteiger partial charge in [-0.3, -0.25) is 9.79 Å². The number of aliphatic imine (C=N–C) groups is 2. The number of benzene rings is 1. The van der Waals surface area contributed by atoms with Crippen molar-refractivity contribution in [2.24, 2.45) is 9.98 Å². The number of ether oxygens (including phenoxy) is 1. The summed E-state index contributed by atoms with van der Waals surface area (Å²) < 4.78 is 11.3. The summed E-state index contributed by atoms with van der Waals surface area (Å²) in [6, 6.07) is 7.68. The second-order valence-corrected chi connectivity index (χ2v) is 6.08. The van der Waals surface area contributed by atoms with Crippen molar-refractivity contribution in [2.45, 2.75) is 20.4 Å². The third-order valence-electron chi connectivity index (χ3n) is 4.42. The van der Waals surface area contributed by atoms with Gasteiger partial charge in [0.05, 0.1) is 24.3 Å². The molecule has 4 rings (SSSR count). The smallest absolute Gasteiger partial charge is 0.255 e. The third kappa shape index (κ3) is 2.75. The van der Waals surface area contributed by atoms with E-state index in [1.165, 1.54) is 0 Å². The summed E-state index contributed by atoms with van der Waals surface area (Å²) >= 11 is 0. The molecule has 0 aliphatic carbocycles. The molecule has 2 aliphatic rings. The number of carbonyl (C=O) groups excluding carboxylic acids is 1. The van der Waals surface area contributed by atoms with E-state index in [1.807, 2.05) is 36.1 Å².